The number of aliphatic hydroxyl groups excluding tert-OH is 2. The van der Waals surface area contributed by atoms with Crippen molar-refractivity contribution in [1.82, 2.24) is 4.90 Å². The molecule has 182 valence electrons. The summed E-state index contributed by atoms with van der Waals surface area (Å²) in [5.41, 5.74) is 0.756. The minimum absolute atomic E-state index is 0.0557. The molecule has 1 amide bonds. The number of benzene rings is 2. The van der Waals surface area contributed by atoms with Crippen LogP contribution in [0.25, 0.3) is 5.76 Å². The average molecular weight is 472 g/mol. The molecule has 0 spiro atoms. The molecule has 1 aliphatic heterocycles. The molecule has 0 aliphatic carbocycles. The Hall–Kier alpha value is -3.56. The summed E-state index contributed by atoms with van der Waals surface area (Å²) in [5.74, 6) is -1.21. The quantitative estimate of drug-likeness (QED) is 0.198. The van der Waals surface area contributed by atoms with Gasteiger partial charge >= 0.3 is 0 Å². The fraction of sp³-hybridized carbons (Fsp3) is 0.360. The number of amides is 1. The Morgan fingerprint density at radius 2 is 1.71 bits per heavy atom. The summed E-state index contributed by atoms with van der Waals surface area (Å²) >= 11 is 0. The lowest BCUT2D eigenvalue weighted by Gasteiger charge is -2.25. The van der Waals surface area contributed by atoms with Crippen LogP contribution in [0.2, 0.25) is 0 Å². The molecule has 9 nitrogen and oxygen atoms in total. The molecule has 1 heterocycles. The number of phenolic OH excluding ortho intramolecular Hbond substituents is 1. The number of hydrogen-bond donors (Lipinski definition) is 3. The normalized spacial score (nSPS) is 17.3. The number of phenols is 1. The summed E-state index contributed by atoms with van der Waals surface area (Å²) < 4.78 is 16.2. The van der Waals surface area contributed by atoms with Crippen LogP contribution in [-0.2, 0) is 14.3 Å². The van der Waals surface area contributed by atoms with E-state index in [1.54, 1.807) is 43.3 Å². The molecule has 2 aromatic carbocycles. The van der Waals surface area contributed by atoms with Gasteiger partial charge in [-0.1, -0.05) is 6.07 Å². The van der Waals surface area contributed by atoms with Crippen molar-refractivity contribution in [3.8, 4) is 17.2 Å². The zero-order valence-electron chi connectivity index (χ0n) is 19.2. The average Bonchev–Trinajstić information content (AvgIpc) is 3.08. The van der Waals surface area contributed by atoms with Crippen molar-refractivity contribution < 1.29 is 39.1 Å². The van der Waals surface area contributed by atoms with Gasteiger partial charge in [0.2, 0.25) is 0 Å². The smallest absolute Gasteiger partial charge is 0.295 e. The van der Waals surface area contributed by atoms with E-state index in [0.29, 0.717) is 30.1 Å². The largest absolute Gasteiger partial charge is 0.507 e. The third kappa shape index (κ3) is 5.32. The molecule has 0 radical (unpaired) electrons. The van der Waals surface area contributed by atoms with Gasteiger partial charge in [-0.3, -0.25) is 9.59 Å². The second kappa shape index (κ2) is 11.5. The molecule has 1 aliphatic rings. The van der Waals surface area contributed by atoms with Gasteiger partial charge in [-0.2, -0.15) is 0 Å². The summed E-state index contributed by atoms with van der Waals surface area (Å²) in [6.07, 6.45) is 0. The van der Waals surface area contributed by atoms with Gasteiger partial charge in [0.15, 0.2) is 11.5 Å². The van der Waals surface area contributed by atoms with Crippen LogP contribution in [0, 0.1) is 0 Å². The molecule has 0 bridgehead atoms. The molecule has 1 atom stereocenters. The van der Waals surface area contributed by atoms with E-state index in [1.165, 1.54) is 11.0 Å². The predicted octanol–water partition coefficient (Wildman–Crippen LogP) is 2.62. The maximum Gasteiger partial charge on any atom is 0.295 e. The van der Waals surface area contributed by atoms with E-state index in [2.05, 4.69) is 0 Å². The first-order valence-corrected chi connectivity index (χ1v) is 11.1. The van der Waals surface area contributed by atoms with E-state index >= 15 is 0 Å². The molecular formula is C25H29NO8. The second-order valence-corrected chi connectivity index (χ2v) is 7.45. The van der Waals surface area contributed by atoms with E-state index in [-0.39, 0.29) is 49.2 Å². The van der Waals surface area contributed by atoms with Crippen molar-refractivity contribution in [1.29, 1.82) is 0 Å². The SMILES string of the molecule is CCOc1ccc(C(O)=C2C(=O)C(=O)N(CCOCCO)[C@@H]2c2ccc(O)c(OCC)c2)cc1. The minimum Gasteiger partial charge on any atom is -0.507 e. The van der Waals surface area contributed by atoms with Crippen LogP contribution in [-0.4, -0.2) is 71.5 Å². The highest BCUT2D eigenvalue weighted by Crippen LogP contribution is 2.41. The van der Waals surface area contributed by atoms with Crippen LogP contribution < -0.4 is 9.47 Å². The molecule has 2 aromatic rings. The van der Waals surface area contributed by atoms with Gasteiger partial charge in [0.25, 0.3) is 11.7 Å². The fourth-order valence-corrected chi connectivity index (χ4v) is 3.79. The molecule has 3 N–H and O–H groups in total. The van der Waals surface area contributed by atoms with Crippen molar-refractivity contribution in [3.63, 3.8) is 0 Å². The van der Waals surface area contributed by atoms with Crippen LogP contribution in [0.1, 0.15) is 31.0 Å². The lowest BCUT2D eigenvalue weighted by Crippen LogP contribution is -2.33. The van der Waals surface area contributed by atoms with E-state index in [4.69, 9.17) is 19.3 Å². The molecule has 0 saturated carbocycles. The second-order valence-electron chi connectivity index (χ2n) is 7.45. The third-order valence-corrected chi connectivity index (χ3v) is 5.29. The van der Waals surface area contributed by atoms with Crippen LogP contribution in [0.15, 0.2) is 48.0 Å². The summed E-state index contributed by atoms with van der Waals surface area (Å²) in [5, 5.41) is 30.2. The number of carbonyl (C=O) groups is 2. The predicted molar refractivity (Wildman–Crippen MR) is 124 cm³/mol. The Labute approximate surface area is 197 Å². The molecule has 0 unspecified atom stereocenters. The molecule has 1 saturated heterocycles. The zero-order valence-corrected chi connectivity index (χ0v) is 19.2. The number of ketones is 1. The lowest BCUT2D eigenvalue weighted by molar-refractivity contribution is -0.140. The first kappa shape index (κ1) is 25.1. The van der Waals surface area contributed by atoms with E-state index < -0.39 is 17.7 Å². The lowest BCUT2D eigenvalue weighted by atomic mass is 9.95. The summed E-state index contributed by atoms with van der Waals surface area (Å²) in [7, 11) is 0. The Morgan fingerprint density at radius 3 is 2.35 bits per heavy atom. The van der Waals surface area contributed by atoms with Crippen molar-refractivity contribution >= 4 is 17.4 Å². The first-order chi connectivity index (χ1) is 16.4. The van der Waals surface area contributed by atoms with Gasteiger partial charge < -0.3 is 34.4 Å². The van der Waals surface area contributed by atoms with Crippen molar-refractivity contribution in [2.24, 2.45) is 0 Å². The maximum atomic E-state index is 13.1. The Balaban J connectivity index is 2.08. The number of Topliss-reactive ketones (excluding diaryl/α,β-unsaturated/α-hetero) is 1. The molecular weight excluding hydrogens is 442 g/mol. The van der Waals surface area contributed by atoms with Crippen LogP contribution in [0.5, 0.6) is 17.2 Å². The third-order valence-electron chi connectivity index (χ3n) is 5.29. The molecule has 3 rings (SSSR count). The standard InChI is InChI=1S/C25H29NO8/c1-3-33-18-8-5-16(6-9-18)23(29)21-22(17-7-10-19(28)20(15-17)34-4-2)26(25(31)24(21)30)11-13-32-14-12-27/h5-10,15,22,27-29H,3-4,11-14H2,1-2H3/t22-/m1/s1. The first-order valence-electron chi connectivity index (χ1n) is 11.1. The van der Waals surface area contributed by atoms with Crippen molar-refractivity contribution in [2.45, 2.75) is 19.9 Å². The molecule has 1 fully saturated rings. The van der Waals surface area contributed by atoms with Gasteiger partial charge in [0.05, 0.1) is 44.6 Å². The highest BCUT2D eigenvalue weighted by Gasteiger charge is 2.46. The number of ether oxygens (including phenoxy) is 3. The number of aromatic hydroxyl groups is 1. The summed E-state index contributed by atoms with van der Waals surface area (Å²) in [6, 6.07) is 10.2. The number of rotatable bonds is 11. The Kier molecular flexibility index (Phi) is 8.50. The Bertz CT molecular complexity index is 1050. The number of likely N-dealkylation sites (tertiary alicyclic amines) is 1. The van der Waals surface area contributed by atoms with Gasteiger partial charge in [-0.15, -0.1) is 0 Å². The topological polar surface area (TPSA) is 126 Å². The van der Waals surface area contributed by atoms with Crippen LogP contribution >= 0.6 is 0 Å². The van der Waals surface area contributed by atoms with Crippen LogP contribution in [0.3, 0.4) is 0 Å². The van der Waals surface area contributed by atoms with Crippen molar-refractivity contribution in [2.75, 3.05) is 39.6 Å². The van der Waals surface area contributed by atoms with E-state index in [1.807, 2.05) is 6.92 Å². The molecule has 9 heteroatoms. The number of carbonyl (C=O) groups excluding carboxylic acids is 2. The van der Waals surface area contributed by atoms with Crippen LogP contribution in [0.4, 0.5) is 0 Å². The Morgan fingerprint density at radius 1 is 1.00 bits per heavy atom. The molecule has 34 heavy (non-hydrogen) atoms. The maximum absolute atomic E-state index is 13.1. The highest BCUT2D eigenvalue weighted by molar-refractivity contribution is 6.46. The number of hydrogen-bond acceptors (Lipinski definition) is 8. The minimum atomic E-state index is -0.927. The summed E-state index contributed by atoms with van der Waals surface area (Å²) in [6.45, 7) is 4.47. The van der Waals surface area contributed by atoms with Gasteiger partial charge in [0, 0.05) is 12.1 Å². The monoisotopic (exact) mass is 471 g/mol. The van der Waals surface area contributed by atoms with Gasteiger partial charge in [-0.25, -0.2) is 0 Å². The zero-order chi connectivity index (χ0) is 24.7. The number of aliphatic hydroxyl groups is 2. The summed E-state index contributed by atoms with van der Waals surface area (Å²) in [4.78, 5) is 27.3. The van der Waals surface area contributed by atoms with E-state index in [0.717, 1.165) is 0 Å². The molecule has 0 aromatic heterocycles. The fourth-order valence-electron chi connectivity index (χ4n) is 3.79. The highest BCUT2D eigenvalue weighted by atomic mass is 16.5. The van der Waals surface area contributed by atoms with Gasteiger partial charge in [-0.05, 0) is 55.8 Å². The van der Waals surface area contributed by atoms with Gasteiger partial charge in [0.1, 0.15) is 11.5 Å². The van der Waals surface area contributed by atoms with E-state index in [9.17, 15) is 19.8 Å². The number of nitrogens with zero attached hydrogens (tertiary/aromatic N) is 1. The van der Waals surface area contributed by atoms with Crippen molar-refractivity contribution in [3.05, 3.63) is 59.2 Å².